The molecule has 16 heavy (non-hydrogen) atoms. The highest BCUT2D eigenvalue weighted by Gasteiger charge is 2.16. The Morgan fingerprint density at radius 2 is 2.25 bits per heavy atom. The third kappa shape index (κ3) is 1.76. The largest absolute Gasteiger partial charge is 0.476 e. The minimum absolute atomic E-state index is 0.00519. The molecule has 1 heterocycles. The molecule has 0 aliphatic carbocycles. The van der Waals surface area contributed by atoms with Gasteiger partial charge in [0, 0.05) is 4.47 Å². The summed E-state index contributed by atoms with van der Waals surface area (Å²) in [4.78, 5) is 10.7. The molecular weight excluding hydrogens is 276 g/mol. The average molecular weight is 283 g/mol. The molecule has 7 heteroatoms. The van der Waals surface area contributed by atoms with Gasteiger partial charge in [0.25, 0.3) is 0 Å². The zero-order chi connectivity index (χ0) is 11.7. The van der Waals surface area contributed by atoms with Gasteiger partial charge in [-0.15, -0.1) is 5.10 Å². The number of carbonyl (C=O) groups is 1. The quantitative estimate of drug-likeness (QED) is 0.866. The third-order valence-electron chi connectivity index (χ3n) is 1.96. The number of carboxylic acids is 1. The van der Waals surface area contributed by atoms with Gasteiger partial charge in [-0.2, -0.15) is 4.68 Å². The first-order valence-corrected chi connectivity index (χ1v) is 5.09. The number of aromatic nitrogens is 3. The van der Waals surface area contributed by atoms with E-state index in [2.05, 4.69) is 26.2 Å². The van der Waals surface area contributed by atoms with Crippen molar-refractivity contribution in [1.29, 1.82) is 0 Å². The Balaban J connectivity index is 2.53. The van der Waals surface area contributed by atoms with Crippen molar-refractivity contribution in [3.63, 3.8) is 0 Å². The van der Waals surface area contributed by atoms with Gasteiger partial charge < -0.3 is 10.8 Å². The van der Waals surface area contributed by atoms with E-state index in [1.54, 1.807) is 18.2 Å². The van der Waals surface area contributed by atoms with Crippen molar-refractivity contribution in [3.8, 4) is 5.69 Å². The first-order valence-electron chi connectivity index (χ1n) is 4.30. The van der Waals surface area contributed by atoms with Crippen molar-refractivity contribution in [2.24, 2.45) is 0 Å². The molecule has 0 bridgehead atoms. The zero-order valence-electron chi connectivity index (χ0n) is 7.96. The Bertz CT molecular complexity index is 552. The SMILES string of the molecule is Nc1c(C(=O)O)nnn1-c1cccc(Br)c1. The fourth-order valence-corrected chi connectivity index (χ4v) is 1.63. The summed E-state index contributed by atoms with van der Waals surface area (Å²) in [5.74, 6) is -1.19. The standard InChI is InChI=1S/C9H7BrN4O2/c10-5-2-1-3-6(4-5)14-8(11)7(9(15)16)12-13-14/h1-4H,11H2,(H,15,16). The molecule has 0 amide bonds. The molecule has 0 aliphatic rings. The number of anilines is 1. The molecule has 1 aromatic heterocycles. The number of nitrogens with two attached hydrogens (primary N) is 1. The van der Waals surface area contributed by atoms with Gasteiger partial charge >= 0.3 is 5.97 Å². The number of hydrogen-bond acceptors (Lipinski definition) is 4. The Kier molecular flexibility index (Phi) is 2.61. The van der Waals surface area contributed by atoms with Gasteiger partial charge in [0.15, 0.2) is 5.82 Å². The number of aromatic carboxylic acids is 1. The molecule has 0 atom stereocenters. The smallest absolute Gasteiger partial charge is 0.360 e. The van der Waals surface area contributed by atoms with E-state index in [0.717, 1.165) is 4.47 Å². The molecule has 0 fully saturated rings. The molecule has 6 nitrogen and oxygen atoms in total. The van der Waals surface area contributed by atoms with Gasteiger partial charge in [0.05, 0.1) is 5.69 Å². The zero-order valence-corrected chi connectivity index (χ0v) is 9.55. The van der Waals surface area contributed by atoms with Crippen LogP contribution in [0.5, 0.6) is 0 Å². The van der Waals surface area contributed by atoms with E-state index < -0.39 is 5.97 Å². The highest BCUT2D eigenvalue weighted by atomic mass is 79.9. The molecule has 0 radical (unpaired) electrons. The lowest BCUT2D eigenvalue weighted by Gasteiger charge is -2.02. The summed E-state index contributed by atoms with van der Waals surface area (Å²) in [6, 6.07) is 7.15. The summed E-state index contributed by atoms with van der Waals surface area (Å²) < 4.78 is 2.12. The van der Waals surface area contributed by atoms with Gasteiger partial charge in [-0.25, -0.2) is 4.79 Å². The number of nitrogens with zero attached hydrogens (tertiary/aromatic N) is 3. The predicted molar refractivity (Wildman–Crippen MR) is 60.4 cm³/mol. The molecule has 0 spiro atoms. The Hall–Kier alpha value is -1.89. The van der Waals surface area contributed by atoms with Crippen molar-refractivity contribution in [3.05, 3.63) is 34.4 Å². The van der Waals surface area contributed by atoms with Crippen molar-refractivity contribution in [2.75, 3.05) is 5.73 Å². The lowest BCUT2D eigenvalue weighted by molar-refractivity contribution is 0.0691. The molecular formula is C9H7BrN4O2. The van der Waals surface area contributed by atoms with Crippen LogP contribution < -0.4 is 5.73 Å². The van der Waals surface area contributed by atoms with Gasteiger partial charge in [-0.3, -0.25) is 0 Å². The number of halogens is 1. The summed E-state index contributed by atoms with van der Waals surface area (Å²) in [6.07, 6.45) is 0. The summed E-state index contributed by atoms with van der Waals surface area (Å²) in [7, 11) is 0. The van der Waals surface area contributed by atoms with Crippen molar-refractivity contribution in [1.82, 2.24) is 15.0 Å². The number of rotatable bonds is 2. The van der Waals surface area contributed by atoms with Crippen LogP contribution in [-0.2, 0) is 0 Å². The van der Waals surface area contributed by atoms with E-state index in [4.69, 9.17) is 10.8 Å². The summed E-state index contributed by atoms with van der Waals surface area (Å²) in [6.45, 7) is 0. The molecule has 2 rings (SSSR count). The Morgan fingerprint density at radius 3 is 2.81 bits per heavy atom. The van der Waals surface area contributed by atoms with Crippen LogP contribution in [0.1, 0.15) is 10.5 Å². The monoisotopic (exact) mass is 282 g/mol. The second-order valence-corrected chi connectivity index (χ2v) is 3.94. The van der Waals surface area contributed by atoms with Gasteiger partial charge in [0.1, 0.15) is 0 Å². The lowest BCUT2D eigenvalue weighted by Crippen LogP contribution is -2.05. The summed E-state index contributed by atoms with van der Waals surface area (Å²) in [5, 5.41) is 16.0. The molecule has 3 N–H and O–H groups in total. The number of hydrogen-bond donors (Lipinski definition) is 2. The number of benzene rings is 1. The minimum atomic E-state index is -1.20. The first kappa shape index (κ1) is 10.6. The minimum Gasteiger partial charge on any atom is -0.476 e. The Labute approximate surface area is 98.8 Å². The maximum atomic E-state index is 10.7. The Morgan fingerprint density at radius 1 is 1.50 bits per heavy atom. The van der Waals surface area contributed by atoms with E-state index >= 15 is 0 Å². The van der Waals surface area contributed by atoms with Crippen LogP contribution >= 0.6 is 15.9 Å². The van der Waals surface area contributed by atoms with Crippen LogP contribution in [0.2, 0.25) is 0 Å². The summed E-state index contributed by atoms with van der Waals surface area (Å²) in [5.41, 5.74) is 6.02. The number of carboxylic acid groups (broad SMARTS) is 1. The molecule has 0 aliphatic heterocycles. The van der Waals surface area contributed by atoms with Crippen molar-refractivity contribution in [2.45, 2.75) is 0 Å². The van der Waals surface area contributed by atoms with Crippen LogP contribution in [0.4, 0.5) is 5.82 Å². The normalized spacial score (nSPS) is 10.3. The third-order valence-corrected chi connectivity index (χ3v) is 2.45. The molecule has 2 aromatic rings. The molecule has 0 saturated carbocycles. The fraction of sp³-hybridized carbons (Fsp3) is 0. The first-order chi connectivity index (χ1) is 7.59. The highest BCUT2D eigenvalue weighted by molar-refractivity contribution is 9.10. The van der Waals surface area contributed by atoms with E-state index in [0.29, 0.717) is 5.69 Å². The maximum absolute atomic E-state index is 10.7. The molecule has 1 aromatic carbocycles. The van der Waals surface area contributed by atoms with Gasteiger partial charge in [-0.1, -0.05) is 27.2 Å². The topological polar surface area (TPSA) is 94.0 Å². The van der Waals surface area contributed by atoms with Crippen LogP contribution in [0.3, 0.4) is 0 Å². The molecule has 82 valence electrons. The number of nitrogen functional groups attached to an aromatic ring is 1. The average Bonchev–Trinajstić information content (AvgIpc) is 2.60. The molecule has 0 saturated heterocycles. The van der Waals surface area contributed by atoms with E-state index in [-0.39, 0.29) is 11.5 Å². The lowest BCUT2D eigenvalue weighted by atomic mass is 10.3. The second kappa shape index (κ2) is 3.93. The predicted octanol–water partition coefficient (Wildman–Crippen LogP) is 1.31. The van der Waals surface area contributed by atoms with E-state index in [1.165, 1.54) is 4.68 Å². The fourth-order valence-electron chi connectivity index (χ4n) is 1.24. The van der Waals surface area contributed by atoms with Crippen LogP contribution in [0.15, 0.2) is 28.7 Å². The summed E-state index contributed by atoms with van der Waals surface area (Å²) >= 11 is 3.30. The van der Waals surface area contributed by atoms with Crippen LogP contribution in [0, 0.1) is 0 Å². The maximum Gasteiger partial charge on any atom is 0.360 e. The van der Waals surface area contributed by atoms with Crippen LogP contribution in [-0.4, -0.2) is 26.1 Å². The van der Waals surface area contributed by atoms with E-state index in [9.17, 15) is 4.79 Å². The van der Waals surface area contributed by atoms with Crippen molar-refractivity contribution < 1.29 is 9.90 Å². The van der Waals surface area contributed by atoms with E-state index in [1.807, 2.05) is 6.07 Å². The molecule has 0 unspecified atom stereocenters. The highest BCUT2D eigenvalue weighted by Crippen LogP contribution is 2.18. The van der Waals surface area contributed by atoms with Crippen molar-refractivity contribution >= 4 is 27.7 Å². The van der Waals surface area contributed by atoms with Gasteiger partial charge in [0.2, 0.25) is 5.69 Å². The second-order valence-electron chi connectivity index (χ2n) is 3.02. The van der Waals surface area contributed by atoms with Gasteiger partial charge in [-0.05, 0) is 18.2 Å². The van der Waals surface area contributed by atoms with Crippen LogP contribution in [0.25, 0.3) is 5.69 Å².